The molecule has 0 bridgehead atoms. The van der Waals surface area contributed by atoms with Gasteiger partial charge in [0.2, 0.25) is 0 Å². The van der Waals surface area contributed by atoms with Crippen LogP contribution in [0.25, 0.3) is 0 Å². The zero-order valence-corrected chi connectivity index (χ0v) is 13.1. The largest absolute Gasteiger partial charge is 0.382 e. The lowest BCUT2D eigenvalue weighted by atomic mass is 9.86. The van der Waals surface area contributed by atoms with Crippen molar-refractivity contribution in [1.82, 2.24) is 0 Å². The lowest BCUT2D eigenvalue weighted by Crippen LogP contribution is -2.27. The smallest absolute Gasteiger partial charge is 0.0700 e. The molecule has 0 aromatic carbocycles. The van der Waals surface area contributed by atoms with Crippen molar-refractivity contribution in [2.45, 2.75) is 33.1 Å². The number of hydrogen-bond acceptors (Lipinski definition) is 3. The van der Waals surface area contributed by atoms with Gasteiger partial charge in [-0.15, -0.1) is 0 Å². The van der Waals surface area contributed by atoms with Crippen LogP contribution in [0.5, 0.6) is 0 Å². The van der Waals surface area contributed by atoms with Crippen molar-refractivity contribution >= 4 is 15.9 Å². The van der Waals surface area contributed by atoms with Gasteiger partial charge in [0.05, 0.1) is 19.8 Å². The van der Waals surface area contributed by atoms with E-state index in [0.717, 1.165) is 44.4 Å². The Morgan fingerprint density at radius 3 is 2.12 bits per heavy atom. The predicted molar refractivity (Wildman–Crippen MR) is 74.9 cm³/mol. The Kier molecular flexibility index (Phi) is 11.7. The second-order valence-corrected chi connectivity index (χ2v) is 4.91. The second-order valence-electron chi connectivity index (χ2n) is 4.35. The van der Waals surface area contributed by atoms with Crippen molar-refractivity contribution in [2.75, 3.05) is 45.5 Å². The number of methoxy groups -OCH3 is 1. The van der Waals surface area contributed by atoms with Crippen LogP contribution in [0, 0.1) is 5.41 Å². The van der Waals surface area contributed by atoms with Gasteiger partial charge >= 0.3 is 0 Å². The third-order valence-corrected chi connectivity index (χ3v) is 4.39. The quantitative estimate of drug-likeness (QED) is 0.409. The third kappa shape index (κ3) is 8.14. The summed E-state index contributed by atoms with van der Waals surface area (Å²) < 4.78 is 16.0. The molecule has 0 aliphatic rings. The van der Waals surface area contributed by atoms with Crippen LogP contribution >= 0.6 is 15.9 Å². The molecule has 0 aliphatic carbocycles. The van der Waals surface area contributed by atoms with E-state index in [-0.39, 0.29) is 0 Å². The molecular formula is C13H27BrO3. The molecule has 0 saturated carbocycles. The number of halogens is 1. The predicted octanol–water partition coefficient (Wildman–Crippen LogP) is 3.26. The summed E-state index contributed by atoms with van der Waals surface area (Å²) in [6.07, 6.45) is 3.26. The summed E-state index contributed by atoms with van der Waals surface area (Å²) in [6.45, 7) is 8.16. The maximum absolute atomic E-state index is 5.74. The van der Waals surface area contributed by atoms with Gasteiger partial charge in [0.25, 0.3) is 0 Å². The highest BCUT2D eigenvalue weighted by atomic mass is 79.9. The Morgan fingerprint density at radius 2 is 1.59 bits per heavy atom. The molecule has 0 amide bonds. The van der Waals surface area contributed by atoms with Gasteiger partial charge in [-0.3, -0.25) is 0 Å². The van der Waals surface area contributed by atoms with Gasteiger partial charge in [-0.05, 0) is 19.3 Å². The Labute approximate surface area is 114 Å². The van der Waals surface area contributed by atoms with E-state index in [0.29, 0.717) is 18.6 Å². The molecule has 0 aromatic heterocycles. The summed E-state index contributed by atoms with van der Waals surface area (Å²) in [4.78, 5) is 0. The Balaban J connectivity index is 3.43. The van der Waals surface area contributed by atoms with Crippen molar-refractivity contribution < 1.29 is 14.2 Å². The van der Waals surface area contributed by atoms with Crippen molar-refractivity contribution in [3.8, 4) is 0 Å². The van der Waals surface area contributed by atoms with Crippen molar-refractivity contribution in [2.24, 2.45) is 5.41 Å². The number of ether oxygens (including phenoxy) is 3. The molecule has 0 fully saturated rings. The van der Waals surface area contributed by atoms with E-state index in [1.807, 2.05) is 0 Å². The highest BCUT2D eigenvalue weighted by Crippen LogP contribution is 2.28. The molecule has 3 nitrogen and oxygen atoms in total. The van der Waals surface area contributed by atoms with Crippen LogP contribution in [-0.2, 0) is 14.2 Å². The van der Waals surface area contributed by atoms with Crippen molar-refractivity contribution in [1.29, 1.82) is 0 Å². The van der Waals surface area contributed by atoms with Gasteiger partial charge < -0.3 is 14.2 Å². The van der Waals surface area contributed by atoms with Gasteiger partial charge in [0, 0.05) is 31.1 Å². The minimum absolute atomic E-state index is 0.302. The summed E-state index contributed by atoms with van der Waals surface area (Å²) in [5.41, 5.74) is 0.302. The number of rotatable bonds is 12. The van der Waals surface area contributed by atoms with Gasteiger partial charge in [0.1, 0.15) is 0 Å². The van der Waals surface area contributed by atoms with E-state index in [4.69, 9.17) is 14.2 Å². The fraction of sp³-hybridized carbons (Fsp3) is 1.00. The summed E-state index contributed by atoms with van der Waals surface area (Å²) in [5, 5.41) is 1.01. The van der Waals surface area contributed by atoms with E-state index in [2.05, 4.69) is 29.8 Å². The van der Waals surface area contributed by atoms with Crippen LogP contribution in [0.4, 0.5) is 0 Å². The normalized spacial score (nSPS) is 12.0. The van der Waals surface area contributed by atoms with E-state index >= 15 is 0 Å². The van der Waals surface area contributed by atoms with Gasteiger partial charge in [-0.25, -0.2) is 0 Å². The molecule has 0 spiro atoms. The van der Waals surface area contributed by atoms with Crippen molar-refractivity contribution in [3.63, 3.8) is 0 Å². The van der Waals surface area contributed by atoms with E-state index in [1.165, 1.54) is 0 Å². The second kappa shape index (κ2) is 11.5. The van der Waals surface area contributed by atoms with Crippen LogP contribution in [0.15, 0.2) is 0 Å². The summed E-state index contributed by atoms with van der Waals surface area (Å²) in [7, 11) is 1.68. The lowest BCUT2D eigenvalue weighted by molar-refractivity contribution is 0.0256. The molecular weight excluding hydrogens is 284 g/mol. The Morgan fingerprint density at radius 1 is 0.941 bits per heavy atom. The number of alkyl halides is 1. The molecule has 4 heteroatoms. The van der Waals surface area contributed by atoms with Crippen LogP contribution in [0.2, 0.25) is 0 Å². The molecule has 0 heterocycles. The minimum Gasteiger partial charge on any atom is -0.382 e. The zero-order valence-electron chi connectivity index (χ0n) is 11.5. The van der Waals surface area contributed by atoms with Crippen LogP contribution in [0.1, 0.15) is 33.1 Å². The fourth-order valence-corrected chi connectivity index (χ4v) is 2.43. The first-order valence-corrected chi connectivity index (χ1v) is 7.57. The topological polar surface area (TPSA) is 27.7 Å². The van der Waals surface area contributed by atoms with E-state index < -0.39 is 0 Å². The number of hydrogen-bond donors (Lipinski definition) is 0. The molecule has 17 heavy (non-hydrogen) atoms. The van der Waals surface area contributed by atoms with Crippen molar-refractivity contribution in [3.05, 3.63) is 0 Å². The highest BCUT2D eigenvalue weighted by Gasteiger charge is 2.24. The molecule has 0 rings (SSSR count). The van der Waals surface area contributed by atoms with Gasteiger partial charge in [-0.1, -0.05) is 29.8 Å². The highest BCUT2D eigenvalue weighted by molar-refractivity contribution is 9.09. The molecule has 0 radical (unpaired) electrons. The monoisotopic (exact) mass is 310 g/mol. The minimum atomic E-state index is 0.302. The molecule has 0 aromatic rings. The Bertz CT molecular complexity index is 152. The standard InChI is InChI=1S/C13H27BrO3/c1-4-13(5-2,11-14)12-17-8-6-7-16-10-9-15-3/h4-12H2,1-3H3. The average molecular weight is 311 g/mol. The fourth-order valence-electron chi connectivity index (χ4n) is 1.48. The van der Waals surface area contributed by atoms with E-state index in [1.54, 1.807) is 7.11 Å². The van der Waals surface area contributed by atoms with Crippen LogP contribution < -0.4 is 0 Å². The third-order valence-electron chi connectivity index (χ3n) is 3.20. The first kappa shape index (κ1) is 17.4. The molecule has 0 saturated heterocycles. The average Bonchev–Trinajstić information content (AvgIpc) is 2.38. The van der Waals surface area contributed by atoms with E-state index in [9.17, 15) is 0 Å². The summed E-state index contributed by atoms with van der Waals surface area (Å²) >= 11 is 3.59. The Hall–Kier alpha value is 0.360. The van der Waals surface area contributed by atoms with Gasteiger partial charge in [0.15, 0.2) is 0 Å². The first-order chi connectivity index (χ1) is 8.24. The summed E-state index contributed by atoms with van der Waals surface area (Å²) in [6, 6.07) is 0. The first-order valence-electron chi connectivity index (χ1n) is 6.45. The maximum Gasteiger partial charge on any atom is 0.0700 e. The maximum atomic E-state index is 5.74. The van der Waals surface area contributed by atoms with Crippen LogP contribution in [0.3, 0.4) is 0 Å². The molecule has 104 valence electrons. The molecule has 0 aliphatic heterocycles. The lowest BCUT2D eigenvalue weighted by Gasteiger charge is -2.29. The molecule has 0 unspecified atom stereocenters. The van der Waals surface area contributed by atoms with Crippen LogP contribution in [-0.4, -0.2) is 45.5 Å². The molecule has 0 N–H and O–H groups in total. The zero-order chi connectivity index (χ0) is 13.0. The van der Waals surface area contributed by atoms with Gasteiger partial charge in [-0.2, -0.15) is 0 Å². The molecule has 0 atom stereocenters. The SMILES string of the molecule is CCC(CC)(CBr)COCCCOCCOC. The summed E-state index contributed by atoms with van der Waals surface area (Å²) in [5.74, 6) is 0.